The van der Waals surface area contributed by atoms with E-state index < -0.39 is 0 Å². The Hall–Kier alpha value is -1.59. The second kappa shape index (κ2) is 8.68. The Morgan fingerprint density at radius 3 is 2.52 bits per heavy atom. The molecule has 25 heavy (non-hydrogen) atoms. The summed E-state index contributed by atoms with van der Waals surface area (Å²) in [4.78, 5) is 4.86. The third-order valence-corrected chi connectivity index (χ3v) is 5.10. The molecule has 1 unspecified atom stereocenters. The smallest absolute Gasteiger partial charge is 0.134 e. The molecule has 0 bridgehead atoms. The summed E-state index contributed by atoms with van der Waals surface area (Å²) in [6.45, 7) is 4.81. The van der Waals surface area contributed by atoms with Gasteiger partial charge in [-0.1, -0.05) is 48.0 Å². The highest BCUT2D eigenvalue weighted by molar-refractivity contribution is 6.32. The Labute approximate surface area is 154 Å². The molecule has 2 aromatic rings. The Balaban J connectivity index is 1.63. The number of halogens is 1. The summed E-state index contributed by atoms with van der Waals surface area (Å²) in [5, 5.41) is 19.4. The minimum absolute atomic E-state index is 0.122. The molecule has 2 N–H and O–H groups in total. The topological polar surface area (TPSA) is 46.9 Å². The van der Waals surface area contributed by atoms with E-state index in [0.717, 1.165) is 44.7 Å². The highest BCUT2D eigenvalue weighted by atomic mass is 35.5. The van der Waals surface area contributed by atoms with Crippen molar-refractivity contribution in [3.8, 4) is 5.75 Å². The van der Waals surface area contributed by atoms with Crippen LogP contribution in [0.2, 0.25) is 5.02 Å². The van der Waals surface area contributed by atoms with Crippen LogP contribution in [0, 0.1) is 0 Å². The normalized spacial score (nSPS) is 19.2. The average molecular weight is 361 g/mol. The van der Waals surface area contributed by atoms with E-state index in [9.17, 15) is 10.2 Å². The van der Waals surface area contributed by atoms with Gasteiger partial charge in [0.25, 0.3) is 0 Å². The summed E-state index contributed by atoms with van der Waals surface area (Å²) in [5.74, 6) is 0.122. The molecular formula is C20H25ClN2O2. The standard InChI is InChI=1S/C20H25ClN2O2/c21-19-12-17(6-7-20(19)25)13-22-9-10-23(18(15-22)8-11-24)14-16-4-2-1-3-5-16/h1-7,12,18,24-25H,8-11,13-15H2. The lowest BCUT2D eigenvalue weighted by Gasteiger charge is -2.41. The van der Waals surface area contributed by atoms with Gasteiger partial charge >= 0.3 is 0 Å². The van der Waals surface area contributed by atoms with Gasteiger partial charge < -0.3 is 10.2 Å². The lowest BCUT2D eigenvalue weighted by atomic mass is 10.1. The zero-order chi connectivity index (χ0) is 17.6. The van der Waals surface area contributed by atoms with Crippen molar-refractivity contribution in [3.05, 3.63) is 64.7 Å². The summed E-state index contributed by atoms with van der Waals surface area (Å²) >= 11 is 6.01. The summed E-state index contributed by atoms with van der Waals surface area (Å²) in [6.07, 6.45) is 0.777. The molecule has 5 heteroatoms. The number of aliphatic hydroxyl groups excluding tert-OH is 1. The van der Waals surface area contributed by atoms with Crippen LogP contribution in [-0.2, 0) is 13.1 Å². The van der Waals surface area contributed by atoms with Crippen molar-refractivity contribution in [2.75, 3.05) is 26.2 Å². The minimum Gasteiger partial charge on any atom is -0.506 e. The van der Waals surface area contributed by atoms with Crippen LogP contribution in [-0.4, -0.2) is 52.3 Å². The number of hydrogen-bond acceptors (Lipinski definition) is 4. The minimum atomic E-state index is 0.122. The van der Waals surface area contributed by atoms with Gasteiger partial charge in [-0.15, -0.1) is 0 Å². The number of phenolic OH excluding ortho intramolecular Hbond substituents is 1. The average Bonchev–Trinajstić information content (AvgIpc) is 2.62. The summed E-state index contributed by atoms with van der Waals surface area (Å²) < 4.78 is 0. The molecule has 0 spiro atoms. The molecule has 1 heterocycles. The van der Waals surface area contributed by atoms with Crippen LogP contribution in [0.15, 0.2) is 48.5 Å². The van der Waals surface area contributed by atoms with E-state index in [4.69, 9.17) is 11.6 Å². The SMILES string of the molecule is OCCC1CN(Cc2ccc(O)c(Cl)c2)CCN1Cc1ccccc1. The van der Waals surface area contributed by atoms with E-state index in [0.29, 0.717) is 11.1 Å². The van der Waals surface area contributed by atoms with Crippen molar-refractivity contribution in [2.45, 2.75) is 25.6 Å². The number of aromatic hydroxyl groups is 1. The Morgan fingerprint density at radius 1 is 1.00 bits per heavy atom. The number of phenols is 1. The summed E-state index contributed by atoms with van der Waals surface area (Å²) in [7, 11) is 0. The van der Waals surface area contributed by atoms with Crippen molar-refractivity contribution in [1.29, 1.82) is 0 Å². The number of piperazine rings is 1. The van der Waals surface area contributed by atoms with E-state index in [2.05, 4.69) is 34.1 Å². The first-order valence-corrected chi connectivity index (χ1v) is 9.12. The van der Waals surface area contributed by atoms with Gasteiger partial charge in [-0.05, 0) is 29.7 Å². The van der Waals surface area contributed by atoms with Crippen molar-refractivity contribution in [3.63, 3.8) is 0 Å². The molecule has 1 atom stereocenters. The largest absolute Gasteiger partial charge is 0.506 e. The molecule has 1 aliphatic rings. The van der Waals surface area contributed by atoms with Gasteiger partial charge in [0.15, 0.2) is 0 Å². The number of rotatable bonds is 6. The van der Waals surface area contributed by atoms with E-state index >= 15 is 0 Å². The lowest BCUT2D eigenvalue weighted by Crippen LogP contribution is -2.52. The second-order valence-electron chi connectivity index (χ2n) is 6.64. The van der Waals surface area contributed by atoms with Crippen LogP contribution in [0.3, 0.4) is 0 Å². The molecule has 2 aromatic carbocycles. The number of nitrogens with zero attached hydrogens (tertiary/aromatic N) is 2. The van der Waals surface area contributed by atoms with Crippen LogP contribution in [0.25, 0.3) is 0 Å². The van der Waals surface area contributed by atoms with Crippen molar-refractivity contribution in [2.24, 2.45) is 0 Å². The molecule has 1 aliphatic heterocycles. The first kappa shape index (κ1) is 18.2. The molecule has 0 amide bonds. The summed E-state index contributed by atoms with van der Waals surface area (Å²) in [6, 6.07) is 16.2. The molecule has 0 saturated carbocycles. The van der Waals surface area contributed by atoms with Crippen LogP contribution in [0.4, 0.5) is 0 Å². The molecular weight excluding hydrogens is 336 g/mol. The molecule has 1 fully saturated rings. The third-order valence-electron chi connectivity index (χ3n) is 4.80. The first-order chi connectivity index (χ1) is 12.2. The predicted octanol–water partition coefficient (Wildman–Crippen LogP) is 3.11. The van der Waals surface area contributed by atoms with E-state index in [1.54, 1.807) is 6.07 Å². The lowest BCUT2D eigenvalue weighted by molar-refractivity contribution is 0.0500. The Morgan fingerprint density at radius 2 is 1.80 bits per heavy atom. The molecule has 0 radical (unpaired) electrons. The van der Waals surface area contributed by atoms with Crippen LogP contribution in [0.1, 0.15) is 17.5 Å². The Bertz CT molecular complexity index is 681. The van der Waals surface area contributed by atoms with Gasteiger partial charge in [0.2, 0.25) is 0 Å². The van der Waals surface area contributed by atoms with E-state index in [1.165, 1.54) is 5.56 Å². The molecule has 1 saturated heterocycles. The van der Waals surface area contributed by atoms with E-state index in [-0.39, 0.29) is 12.4 Å². The quantitative estimate of drug-likeness (QED) is 0.831. The Kier molecular flexibility index (Phi) is 6.32. The van der Waals surface area contributed by atoms with Crippen molar-refractivity contribution < 1.29 is 10.2 Å². The van der Waals surface area contributed by atoms with Crippen molar-refractivity contribution >= 4 is 11.6 Å². The number of aliphatic hydroxyl groups is 1. The van der Waals surface area contributed by atoms with Gasteiger partial charge in [-0.25, -0.2) is 0 Å². The fraction of sp³-hybridized carbons (Fsp3) is 0.400. The van der Waals surface area contributed by atoms with E-state index in [1.807, 2.05) is 18.2 Å². The molecule has 0 aliphatic carbocycles. The molecule has 4 nitrogen and oxygen atoms in total. The third kappa shape index (κ3) is 4.95. The number of benzene rings is 2. The maximum absolute atomic E-state index is 9.56. The fourth-order valence-electron chi connectivity index (χ4n) is 3.46. The van der Waals surface area contributed by atoms with Crippen LogP contribution < -0.4 is 0 Å². The summed E-state index contributed by atoms with van der Waals surface area (Å²) in [5.41, 5.74) is 2.41. The van der Waals surface area contributed by atoms with Gasteiger partial charge in [-0.3, -0.25) is 9.80 Å². The van der Waals surface area contributed by atoms with Crippen LogP contribution >= 0.6 is 11.6 Å². The van der Waals surface area contributed by atoms with Gasteiger partial charge in [-0.2, -0.15) is 0 Å². The molecule has 3 rings (SSSR count). The van der Waals surface area contributed by atoms with Gasteiger partial charge in [0.05, 0.1) is 5.02 Å². The van der Waals surface area contributed by atoms with Crippen LogP contribution in [0.5, 0.6) is 5.75 Å². The maximum atomic E-state index is 9.56. The highest BCUT2D eigenvalue weighted by Crippen LogP contribution is 2.25. The predicted molar refractivity (Wildman–Crippen MR) is 101 cm³/mol. The van der Waals surface area contributed by atoms with Crippen molar-refractivity contribution in [1.82, 2.24) is 9.80 Å². The second-order valence-corrected chi connectivity index (χ2v) is 7.05. The first-order valence-electron chi connectivity index (χ1n) is 8.74. The zero-order valence-corrected chi connectivity index (χ0v) is 15.1. The highest BCUT2D eigenvalue weighted by Gasteiger charge is 2.26. The zero-order valence-electron chi connectivity index (χ0n) is 14.3. The maximum Gasteiger partial charge on any atom is 0.134 e. The molecule has 134 valence electrons. The monoisotopic (exact) mass is 360 g/mol. The fourth-order valence-corrected chi connectivity index (χ4v) is 3.66. The number of hydrogen-bond donors (Lipinski definition) is 2. The van der Waals surface area contributed by atoms with Gasteiger partial charge in [0, 0.05) is 45.4 Å². The molecule has 0 aromatic heterocycles. The van der Waals surface area contributed by atoms with Gasteiger partial charge in [0.1, 0.15) is 5.75 Å².